The topological polar surface area (TPSA) is 41.1 Å². The molecule has 0 bridgehead atoms. The van der Waals surface area contributed by atoms with Crippen molar-refractivity contribution in [1.82, 2.24) is 9.97 Å². The highest BCUT2D eigenvalue weighted by molar-refractivity contribution is 5.56. The number of aromatic nitrogens is 2. The Bertz CT molecular complexity index is 705. The second kappa shape index (κ2) is 6.48. The molecule has 0 aliphatic carbocycles. The maximum Gasteiger partial charge on any atom is 0.229 e. The van der Waals surface area contributed by atoms with Gasteiger partial charge in [-0.15, -0.1) is 0 Å². The lowest BCUT2D eigenvalue weighted by Gasteiger charge is -2.32. The monoisotopic (exact) mass is 318 g/mol. The first kappa shape index (κ1) is 15.6. The molecule has 0 amide bonds. The fraction of sp³-hybridized carbons (Fsp3) is 0.412. The molecule has 1 aliphatic heterocycles. The first-order valence-electron chi connectivity index (χ1n) is 7.84. The Balaban J connectivity index is 1.85. The Morgan fingerprint density at radius 2 is 2.04 bits per heavy atom. The van der Waals surface area contributed by atoms with Gasteiger partial charge in [-0.3, -0.25) is 0 Å². The van der Waals surface area contributed by atoms with E-state index in [4.69, 9.17) is 0 Å². The Hall–Kier alpha value is -2.24. The van der Waals surface area contributed by atoms with Crippen LogP contribution in [-0.2, 0) is 0 Å². The molecule has 3 rings (SSSR count). The number of hydrogen-bond acceptors (Lipinski definition) is 4. The normalized spacial score (nSPS) is 18.1. The second-order valence-electron chi connectivity index (χ2n) is 6.13. The van der Waals surface area contributed by atoms with Crippen LogP contribution < -0.4 is 10.2 Å². The van der Waals surface area contributed by atoms with Gasteiger partial charge in [-0.2, -0.15) is 4.98 Å². The van der Waals surface area contributed by atoms with Gasteiger partial charge in [-0.1, -0.05) is 6.92 Å². The SMILES string of the molecule is Cc1cc(N2CCCC(C)C2)nc(Nc2ccc(F)cc2F)n1. The summed E-state index contributed by atoms with van der Waals surface area (Å²) in [6.07, 6.45) is 2.37. The summed E-state index contributed by atoms with van der Waals surface area (Å²) in [5.74, 6) is 0.521. The molecule has 2 heterocycles. The maximum atomic E-state index is 13.8. The van der Waals surface area contributed by atoms with Gasteiger partial charge in [0.1, 0.15) is 17.5 Å². The van der Waals surface area contributed by atoms with Gasteiger partial charge >= 0.3 is 0 Å². The van der Waals surface area contributed by atoms with Crippen molar-refractivity contribution < 1.29 is 8.78 Å². The van der Waals surface area contributed by atoms with Crippen molar-refractivity contribution in [2.24, 2.45) is 5.92 Å². The zero-order valence-electron chi connectivity index (χ0n) is 13.3. The van der Waals surface area contributed by atoms with E-state index in [0.717, 1.165) is 37.1 Å². The van der Waals surface area contributed by atoms with Gasteiger partial charge in [0.2, 0.25) is 5.95 Å². The predicted molar refractivity (Wildman–Crippen MR) is 87.0 cm³/mol. The lowest BCUT2D eigenvalue weighted by molar-refractivity contribution is 0.444. The number of halogens is 2. The highest BCUT2D eigenvalue weighted by atomic mass is 19.1. The molecule has 1 aliphatic rings. The minimum atomic E-state index is -0.664. The fourth-order valence-corrected chi connectivity index (χ4v) is 2.88. The minimum absolute atomic E-state index is 0.162. The van der Waals surface area contributed by atoms with Crippen LogP contribution in [0.4, 0.5) is 26.2 Å². The van der Waals surface area contributed by atoms with E-state index >= 15 is 0 Å². The quantitative estimate of drug-likeness (QED) is 0.927. The van der Waals surface area contributed by atoms with Gasteiger partial charge < -0.3 is 10.2 Å². The largest absolute Gasteiger partial charge is 0.356 e. The summed E-state index contributed by atoms with van der Waals surface area (Å²) in [7, 11) is 0. The van der Waals surface area contributed by atoms with Crippen molar-refractivity contribution in [2.75, 3.05) is 23.3 Å². The fourth-order valence-electron chi connectivity index (χ4n) is 2.88. The van der Waals surface area contributed by atoms with E-state index in [9.17, 15) is 8.78 Å². The third kappa shape index (κ3) is 3.75. The molecule has 23 heavy (non-hydrogen) atoms. The molecule has 6 heteroatoms. The molecule has 4 nitrogen and oxygen atoms in total. The van der Waals surface area contributed by atoms with Crippen LogP contribution in [0.1, 0.15) is 25.5 Å². The smallest absolute Gasteiger partial charge is 0.229 e. The van der Waals surface area contributed by atoms with Crippen LogP contribution >= 0.6 is 0 Å². The molecule has 2 aromatic rings. The predicted octanol–water partition coefficient (Wildman–Crippen LogP) is 4.04. The summed E-state index contributed by atoms with van der Waals surface area (Å²) in [6.45, 7) is 6.03. The summed E-state index contributed by atoms with van der Waals surface area (Å²) in [4.78, 5) is 11.0. The molecule has 0 saturated carbocycles. The molecule has 1 atom stereocenters. The van der Waals surface area contributed by atoms with Gasteiger partial charge in [0, 0.05) is 30.9 Å². The number of piperidine rings is 1. The van der Waals surface area contributed by atoms with Crippen LogP contribution in [0.5, 0.6) is 0 Å². The van der Waals surface area contributed by atoms with Crippen LogP contribution in [0.25, 0.3) is 0 Å². The first-order chi connectivity index (χ1) is 11.0. The Morgan fingerprint density at radius 1 is 1.22 bits per heavy atom. The lowest BCUT2D eigenvalue weighted by atomic mass is 10.0. The molecule has 1 N–H and O–H groups in total. The average Bonchev–Trinajstić information content (AvgIpc) is 2.50. The molecular formula is C17H20F2N4. The highest BCUT2D eigenvalue weighted by Crippen LogP contribution is 2.24. The van der Waals surface area contributed by atoms with Gasteiger partial charge in [-0.25, -0.2) is 13.8 Å². The Morgan fingerprint density at radius 3 is 2.78 bits per heavy atom. The molecular weight excluding hydrogens is 298 g/mol. The molecule has 1 fully saturated rings. The van der Waals surface area contributed by atoms with Crippen LogP contribution in [0.2, 0.25) is 0 Å². The molecule has 0 spiro atoms. The summed E-state index contributed by atoms with van der Waals surface area (Å²) >= 11 is 0. The van der Waals surface area contributed by atoms with Crippen molar-refractivity contribution in [1.29, 1.82) is 0 Å². The van der Waals surface area contributed by atoms with Crippen LogP contribution in [-0.4, -0.2) is 23.1 Å². The van der Waals surface area contributed by atoms with Crippen molar-refractivity contribution in [3.63, 3.8) is 0 Å². The van der Waals surface area contributed by atoms with Crippen molar-refractivity contribution >= 4 is 17.5 Å². The van der Waals surface area contributed by atoms with Crippen molar-refractivity contribution in [3.8, 4) is 0 Å². The lowest BCUT2D eigenvalue weighted by Crippen LogP contribution is -2.35. The summed E-state index contributed by atoms with van der Waals surface area (Å²) < 4.78 is 26.8. The van der Waals surface area contributed by atoms with Gasteiger partial charge in [0.25, 0.3) is 0 Å². The van der Waals surface area contributed by atoms with E-state index in [-0.39, 0.29) is 5.69 Å². The van der Waals surface area contributed by atoms with E-state index < -0.39 is 11.6 Å². The number of aryl methyl sites for hydroxylation is 1. The van der Waals surface area contributed by atoms with Gasteiger partial charge in [-0.05, 0) is 37.8 Å². The summed E-state index contributed by atoms with van der Waals surface area (Å²) in [5.41, 5.74) is 0.966. The standard InChI is InChI=1S/C17H20F2N4/c1-11-4-3-7-23(10-11)16-8-12(2)20-17(22-16)21-15-6-5-13(18)9-14(15)19/h5-6,8-9,11H,3-4,7,10H2,1-2H3,(H,20,21,22). The number of rotatable bonds is 3. The number of benzene rings is 1. The van der Waals surface area contributed by atoms with E-state index in [1.807, 2.05) is 13.0 Å². The van der Waals surface area contributed by atoms with Crippen molar-refractivity contribution in [2.45, 2.75) is 26.7 Å². The van der Waals surface area contributed by atoms with Crippen LogP contribution in [0, 0.1) is 24.5 Å². The summed E-state index contributed by atoms with van der Waals surface area (Å²) in [6, 6.07) is 5.32. The molecule has 1 saturated heterocycles. The molecule has 1 aromatic carbocycles. The van der Waals surface area contributed by atoms with Gasteiger partial charge in [0.15, 0.2) is 0 Å². The Kier molecular flexibility index (Phi) is 4.41. The van der Waals surface area contributed by atoms with Crippen molar-refractivity contribution in [3.05, 3.63) is 41.6 Å². The number of hydrogen-bond donors (Lipinski definition) is 1. The minimum Gasteiger partial charge on any atom is -0.356 e. The number of nitrogens with zero attached hydrogens (tertiary/aromatic N) is 3. The molecule has 1 aromatic heterocycles. The van der Waals surface area contributed by atoms with Gasteiger partial charge in [0.05, 0.1) is 5.69 Å². The van der Waals surface area contributed by atoms with E-state index in [2.05, 4.69) is 27.1 Å². The first-order valence-corrected chi connectivity index (χ1v) is 7.84. The summed E-state index contributed by atoms with van der Waals surface area (Å²) in [5, 5.41) is 2.84. The van der Waals surface area contributed by atoms with E-state index in [1.54, 1.807) is 0 Å². The zero-order chi connectivity index (χ0) is 16.4. The third-order valence-electron chi connectivity index (χ3n) is 4.00. The zero-order valence-corrected chi connectivity index (χ0v) is 13.3. The van der Waals surface area contributed by atoms with E-state index in [1.165, 1.54) is 18.6 Å². The second-order valence-corrected chi connectivity index (χ2v) is 6.13. The van der Waals surface area contributed by atoms with E-state index in [0.29, 0.717) is 11.9 Å². The highest BCUT2D eigenvalue weighted by Gasteiger charge is 2.18. The van der Waals surface area contributed by atoms with Crippen LogP contribution in [0.3, 0.4) is 0 Å². The molecule has 0 radical (unpaired) electrons. The number of nitrogens with one attached hydrogen (secondary N) is 1. The maximum absolute atomic E-state index is 13.8. The molecule has 1 unspecified atom stereocenters. The third-order valence-corrected chi connectivity index (χ3v) is 4.00. The molecule has 122 valence electrons. The average molecular weight is 318 g/mol. The number of anilines is 3. The van der Waals surface area contributed by atoms with Crippen LogP contribution in [0.15, 0.2) is 24.3 Å². The Labute approximate surface area is 134 Å².